The van der Waals surface area contributed by atoms with Crippen molar-refractivity contribution in [3.05, 3.63) is 0 Å². The van der Waals surface area contributed by atoms with Crippen molar-refractivity contribution in [2.75, 3.05) is 0 Å². The van der Waals surface area contributed by atoms with E-state index in [9.17, 15) is 4.79 Å². The summed E-state index contributed by atoms with van der Waals surface area (Å²) in [5.74, 6) is 0. The van der Waals surface area contributed by atoms with E-state index in [0.29, 0.717) is 3.80 Å². The molecule has 36 valence electrons. The molecule has 0 saturated carbocycles. The summed E-state index contributed by atoms with van der Waals surface area (Å²) in [5, 5.41) is 0. The summed E-state index contributed by atoms with van der Waals surface area (Å²) in [7, 11) is 0. The van der Waals surface area contributed by atoms with E-state index in [1.807, 2.05) is 0 Å². The molecule has 0 radical (unpaired) electrons. The van der Waals surface area contributed by atoms with Gasteiger partial charge in [0, 0.05) is 0 Å². The molecule has 0 amide bonds. The van der Waals surface area contributed by atoms with Gasteiger partial charge in [-0.15, -0.1) is 0 Å². The van der Waals surface area contributed by atoms with Crippen LogP contribution in [0.3, 0.4) is 0 Å². The molecule has 0 saturated heterocycles. The molecule has 0 aromatic heterocycles. The molecular formula is C4H10OSn. The van der Waals surface area contributed by atoms with Gasteiger partial charge in [-0.25, -0.2) is 0 Å². The van der Waals surface area contributed by atoms with Gasteiger partial charge >= 0.3 is 45.2 Å². The monoisotopic (exact) mass is 194 g/mol. The Hall–Kier alpha value is 0.469. The fraction of sp³-hybridized carbons (Fsp3) is 0.750. The van der Waals surface area contributed by atoms with Gasteiger partial charge in [-0.1, -0.05) is 0 Å². The summed E-state index contributed by atoms with van der Waals surface area (Å²) in [6, 6.07) is 0. The van der Waals surface area contributed by atoms with Crippen molar-refractivity contribution in [2.24, 2.45) is 0 Å². The van der Waals surface area contributed by atoms with Crippen LogP contribution in [0.5, 0.6) is 0 Å². The standard InChI is InChI=1S/C2H3O.2CH3.Sn.H/c1-2-3;;;;/h1H3;2*1H3;;. The van der Waals surface area contributed by atoms with Crippen molar-refractivity contribution in [2.45, 2.75) is 16.8 Å². The Balaban J connectivity index is 3.26. The molecule has 0 fully saturated rings. The first kappa shape index (κ1) is 6.47. The SMILES string of the molecule is C[C](=O)[SnH]([CH3])[CH3]. The van der Waals surface area contributed by atoms with Gasteiger partial charge in [-0.05, 0) is 0 Å². The third-order valence-corrected chi connectivity index (χ3v) is 5.45. The van der Waals surface area contributed by atoms with Gasteiger partial charge in [0.1, 0.15) is 0 Å². The van der Waals surface area contributed by atoms with Crippen molar-refractivity contribution < 1.29 is 4.79 Å². The van der Waals surface area contributed by atoms with Crippen LogP contribution in [0, 0.1) is 0 Å². The van der Waals surface area contributed by atoms with Crippen molar-refractivity contribution in [1.29, 1.82) is 0 Å². The Labute approximate surface area is 45.5 Å². The summed E-state index contributed by atoms with van der Waals surface area (Å²) < 4.78 is 0.469. The van der Waals surface area contributed by atoms with Gasteiger partial charge in [0.15, 0.2) is 0 Å². The molecule has 6 heavy (non-hydrogen) atoms. The second kappa shape index (κ2) is 2.61. The van der Waals surface area contributed by atoms with Crippen molar-refractivity contribution in [3.63, 3.8) is 0 Å². The number of carbonyl (C=O) groups excluding carboxylic acids is 1. The fourth-order valence-corrected chi connectivity index (χ4v) is 0. The normalized spacial score (nSPS) is 9.33. The molecule has 0 bridgehead atoms. The van der Waals surface area contributed by atoms with E-state index in [1.165, 1.54) is 0 Å². The van der Waals surface area contributed by atoms with Crippen molar-refractivity contribution in [3.8, 4) is 0 Å². The van der Waals surface area contributed by atoms with Crippen LogP contribution in [0.1, 0.15) is 6.92 Å². The van der Waals surface area contributed by atoms with E-state index in [1.54, 1.807) is 6.92 Å². The summed E-state index contributed by atoms with van der Waals surface area (Å²) in [6.45, 7) is 1.70. The predicted molar refractivity (Wildman–Crippen MR) is 29.6 cm³/mol. The first-order valence-corrected chi connectivity index (χ1v) is 10.4. The molecule has 0 aromatic rings. The summed E-state index contributed by atoms with van der Waals surface area (Å²) in [4.78, 5) is 14.4. The molecule has 0 N–H and O–H groups in total. The van der Waals surface area contributed by atoms with Crippen LogP contribution in [0.4, 0.5) is 0 Å². The first-order chi connectivity index (χ1) is 2.64. The van der Waals surface area contributed by atoms with Crippen molar-refractivity contribution >= 4 is 23.6 Å². The van der Waals surface area contributed by atoms with E-state index in [4.69, 9.17) is 0 Å². The number of carbonyl (C=O) groups is 1. The molecular weight excluding hydrogens is 183 g/mol. The van der Waals surface area contributed by atoms with Crippen LogP contribution in [0.15, 0.2) is 0 Å². The third kappa shape index (κ3) is 2.69. The average Bonchev–Trinajstić information content (AvgIpc) is 1.36. The van der Waals surface area contributed by atoms with E-state index < -0.39 is 19.8 Å². The van der Waals surface area contributed by atoms with Crippen molar-refractivity contribution in [1.82, 2.24) is 0 Å². The Kier molecular flexibility index (Phi) is 2.81. The Morgan fingerprint density at radius 1 is 1.50 bits per heavy atom. The fourth-order valence-electron chi connectivity index (χ4n) is 0. The topological polar surface area (TPSA) is 17.1 Å². The van der Waals surface area contributed by atoms with E-state index in [0.717, 1.165) is 0 Å². The molecule has 0 aromatic carbocycles. The summed E-state index contributed by atoms with van der Waals surface area (Å²) >= 11 is -1.44. The van der Waals surface area contributed by atoms with E-state index in [-0.39, 0.29) is 0 Å². The maximum atomic E-state index is 10.2. The quantitative estimate of drug-likeness (QED) is 0.557. The molecule has 0 aliphatic heterocycles. The maximum absolute atomic E-state index is 10.2. The zero-order valence-corrected chi connectivity index (χ0v) is 7.78. The second-order valence-electron chi connectivity index (χ2n) is 1.77. The first-order valence-electron chi connectivity index (χ1n) is 2.15. The van der Waals surface area contributed by atoms with Crippen LogP contribution in [-0.2, 0) is 4.79 Å². The molecule has 1 nitrogen and oxygen atoms in total. The van der Waals surface area contributed by atoms with Gasteiger partial charge in [-0.3, -0.25) is 0 Å². The zero-order chi connectivity index (χ0) is 5.15. The molecule has 0 rings (SSSR count). The van der Waals surface area contributed by atoms with Crippen LogP contribution >= 0.6 is 0 Å². The number of hydrogen-bond donors (Lipinski definition) is 0. The third-order valence-electron chi connectivity index (χ3n) is 0.813. The van der Waals surface area contributed by atoms with Gasteiger partial charge in [0.25, 0.3) is 0 Å². The van der Waals surface area contributed by atoms with Gasteiger partial charge < -0.3 is 0 Å². The molecule has 0 spiro atoms. The minimum absolute atomic E-state index is 0.469. The van der Waals surface area contributed by atoms with Crippen LogP contribution in [0.2, 0.25) is 9.88 Å². The van der Waals surface area contributed by atoms with E-state index in [2.05, 4.69) is 9.88 Å². The molecule has 0 aliphatic rings. The van der Waals surface area contributed by atoms with Gasteiger partial charge in [0.05, 0.1) is 0 Å². The Morgan fingerprint density at radius 2 is 1.67 bits per heavy atom. The number of rotatable bonds is 1. The average molecular weight is 193 g/mol. The van der Waals surface area contributed by atoms with Gasteiger partial charge in [0.2, 0.25) is 0 Å². The molecule has 2 heteroatoms. The molecule has 0 unspecified atom stereocenters. The summed E-state index contributed by atoms with van der Waals surface area (Å²) in [6.07, 6.45) is 0. The van der Waals surface area contributed by atoms with Crippen LogP contribution < -0.4 is 0 Å². The van der Waals surface area contributed by atoms with Crippen LogP contribution in [-0.4, -0.2) is 23.6 Å². The minimum atomic E-state index is -1.44. The molecule has 0 aliphatic carbocycles. The molecule has 0 heterocycles. The second-order valence-corrected chi connectivity index (χ2v) is 10.7. The van der Waals surface area contributed by atoms with E-state index >= 15 is 0 Å². The van der Waals surface area contributed by atoms with Gasteiger partial charge in [-0.2, -0.15) is 0 Å². The van der Waals surface area contributed by atoms with Crippen LogP contribution in [0.25, 0.3) is 0 Å². The predicted octanol–water partition coefficient (Wildman–Crippen LogP) is 0.601. The number of hydrogen-bond acceptors (Lipinski definition) is 1. The summed E-state index contributed by atoms with van der Waals surface area (Å²) in [5.41, 5.74) is 0. The Morgan fingerprint density at radius 3 is 1.67 bits per heavy atom. The molecule has 0 atom stereocenters. The Bertz CT molecular complexity index is 58.6. The zero-order valence-electron chi connectivity index (χ0n) is 4.49.